The minimum atomic E-state index is -1.01. The first-order chi connectivity index (χ1) is 8.99. The van der Waals surface area contributed by atoms with Crippen molar-refractivity contribution in [3.05, 3.63) is 35.4 Å². The summed E-state index contributed by atoms with van der Waals surface area (Å²) >= 11 is 4.93. The maximum atomic E-state index is 13.1. The molecular weight excluding hydrogens is 270 g/mol. The average Bonchev–Trinajstić information content (AvgIpc) is 2.41. The molecule has 2 N–H and O–H groups in total. The van der Waals surface area contributed by atoms with Crippen molar-refractivity contribution < 1.29 is 13.6 Å². The van der Waals surface area contributed by atoms with Gasteiger partial charge in [-0.05, 0) is 31.0 Å². The maximum Gasteiger partial charge on any atom is 0.253 e. The fourth-order valence-corrected chi connectivity index (χ4v) is 2.41. The van der Waals surface area contributed by atoms with Crippen molar-refractivity contribution in [1.29, 1.82) is 0 Å². The van der Waals surface area contributed by atoms with Crippen LogP contribution in [-0.2, 0) is 0 Å². The highest BCUT2D eigenvalue weighted by Gasteiger charge is 2.25. The Labute approximate surface area is 115 Å². The molecule has 1 aliphatic rings. The smallest absolute Gasteiger partial charge is 0.253 e. The van der Waals surface area contributed by atoms with E-state index in [1.165, 1.54) is 6.07 Å². The van der Waals surface area contributed by atoms with E-state index >= 15 is 0 Å². The summed E-state index contributed by atoms with van der Waals surface area (Å²) in [5, 5.41) is 0. The van der Waals surface area contributed by atoms with Crippen molar-refractivity contribution in [1.82, 2.24) is 4.90 Å². The van der Waals surface area contributed by atoms with E-state index in [9.17, 15) is 13.6 Å². The summed E-state index contributed by atoms with van der Waals surface area (Å²) in [5.74, 6) is -2.10. The van der Waals surface area contributed by atoms with Crippen LogP contribution in [0, 0.1) is 17.6 Å². The maximum absolute atomic E-state index is 13.1. The number of thiocarbonyl (C=S) groups is 1. The lowest BCUT2D eigenvalue weighted by Crippen LogP contribution is -2.41. The Bertz CT molecular complexity index is 513. The van der Waals surface area contributed by atoms with Gasteiger partial charge in [0.15, 0.2) is 11.6 Å². The number of benzene rings is 1. The molecule has 3 nitrogen and oxygen atoms in total. The molecule has 1 aromatic carbocycles. The van der Waals surface area contributed by atoms with Crippen molar-refractivity contribution in [2.75, 3.05) is 13.1 Å². The Balaban J connectivity index is 2.05. The number of halogens is 2. The van der Waals surface area contributed by atoms with Gasteiger partial charge in [0.25, 0.3) is 5.91 Å². The molecule has 1 saturated heterocycles. The predicted molar refractivity (Wildman–Crippen MR) is 71.8 cm³/mol. The number of amides is 1. The standard InChI is InChI=1S/C13H14F2N2OS/c14-10-2-1-9(7-11(10)15)13(18)17-5-3-8(4-6-17)12(16)19/h1-2,7-8H,3-6H2,(H2,16,19). The van der Waals surface area contributed by atoms with Crippen LogP contribution in [0.1, 0.15) is 23.2 Å². The Kier molecular flexibility index (Phi) is 4.09. The summed E-state index contributed by atoms with van der Waals surface area (Å²) in [6.45, 7) is 1.06. The summed E-state index contributed by atoms with van der Waals surface area (Å²) in [7, 11) is 0. The van der Waals surface area contributed by atoms with Crippen molar-refractivity contribution in [3.63, 3.8) is 0 Å². The lowest BCUT2D eigenvalue weighted by Gasteiger charge is -2.31. The molecule has 1 heterocycles. The highest BCUT2D eigenvalue weighted by atomic mass is 32.1. The largest absolute Gasteiger partial charge is 0.393 e. The second-order valence-corrected chi connectivity index (χ2v) is 5.07. The molecule has 2 rings (SSSR count). The molecule has 0 bridgehead atoms. The highest BCUT2D eigenvalue weighted by molar-refractivity contribution is 7.80. The van der Waals surface area contributed by atoms with Gasteiger partial charge in [-0.2, -0.15) is 0 Å². The molecule has 1 aliphatic heterocycles. The van der Waals surface area contributed by atoms with E-state index in [4.69, 9.17) is 18.0 Å². The molecule has 0 radical (unpaired) electrons. The number of nitrogens with zero attached hydrogens (tertiary/aromatic N) is 1. The molecular formula is C13H14F2N2OS. The van der Waals surface area contributed by atoms with Gasteiger partial charge in [0.05, 0.1) is 4.99 Å². The fourth-order valence-electron chi connectivity index (χ4n) is 2.18. The third-order valence-corrected chi connectivity index (χ3v) is 3.68. The monoisotopic (exact) mass is 284 g/mol. The molecule has 0 aromatic heterocycles. The molecule has 0 spiro atoms. The Morgan fingerprint density at radius 2 is 1.89 bits per heavy atom. The van der Waals surface area contributed by atoms with Crippen molar-refractivity contribution >= 4 is 23.1 Å². The van der Waals surface area contributed by atoms with E-state index in [0.29, 0.717) is 30.9 Å². The fraction of sp³-hybridized carbons (Fsp3) is 0.385. The van der Waals surface area contributed by atoms with E-state index in [2.05, 4.69) is 0 Å². The van der Waals surface area contributed by atoms with Crippen LogP contribution in [0.2, 0.25) is 0 Å². The van der Waals surface area contributed by atoms with E-state index in [-0.39, 0.29) is 17.4 Å². The number of carbonyl (C=O) groups is 1. The minimum Gasteiger partial charge on any atom is -0.393 e. The zero-order valence-corrected chi connectivity index (χ0v) is 11.1. The third kappa shape index (κ3) is 3.07. The third-order valence-electron chi connectivity index (χ3n) is 3.35. The zero-order valence-electron chi connectivity index (χ0n) is 10.2. The number of hydrogen-bond donors (Lipinski definition) is 1. The lowest BCUT2D eigenvalue weighted by molar-refractivity contribution is 0.0710. The minimum absolute atomic E-state index is 0.156. The first-order valence-electron chi connectivity index (χ1n) is 6.02. The second kappa shape index (κ2) is 5.61. The summed E-state index contributed by atoms with van der Waals surface area (Å²) in [4.78, 5) is 14.2. The average molecular weight is 284 g/mol. The van der Waals surface area contributed by atoms with Crippen LogP contribution in [0.15, 0.2) is 18.2 Å². The number of rotatable bonds is 2. The van der Waals surface area contributed by atoms with Crippen LogP contribution in [0.4, 0.5) is 8.78 Å². The molecule has 0 unspecified atom stereocenters. The Hall–Kier alpha value is -1.56. The van der Waals surface area contributed by atoms with Crippen molar-refractivity contribution in [2.45, 2.75) is 12.8 Å². The number of piperidine rings is 1. The van der Waals surface area contributed by atoms with E-state index in [1.54, 1.807) is 4.90 Å². The topological polar surface area (TPSA) is 46.3 Å². The molecule has 1 fully saturated rings. The quantitative estimate of drug-likeness (QED) is 0.846. The molecule has 0 aliphatic carbocycles. The molecule has 1 aromatic rings. The van der Waals surface area contributed by atoms with Crippen LogP contribution in [-0.4, -0.2) is 28.9 Å². The first-order valence-corrected chi connectivity index (χ1v) is 6.43. The van der Waals surface area contributed by atoms with Crippen LogP contribution < -0.4 is 5.73 Å². The van der Waals surface area contributed by atoms with E-state index < -0.39 is 11.6 Å². The highest BCUT2D eigenvalue weighted by Crippen LogP contribution is 2.20. The van der Waals surface area contributed by atoms with Gasteiger partial charge in [-0.25, -0.2) is 8.78 Å². The zero-order chi connectivity index (χ0) is 14.0. The van der Waals surface area contributed by atoms with Gasteiger partial charge in [0, 0.05) is 24.6 Å². The van der Waals surface area contributed by atoms with Gasteiger partial charge in [-0.1, -0.05) is 12.2 Å². The van der Waals surface area contributed by atoms with Crippen molar-refractivity contribution in [3.8, 4) is 0 Å². The predicted octanol–water partition coefficient (Wildman–Crippen LogP) is 2.10. The van der Waals surface area contributed by atoms with Gasteiger partial charge >= 0.3 is 0 Å². The molecule has 0 saturated carbocycles. The summed E-state index contributed by atoms with van der Waals surface area (Å²) in [5.41, 5.74) is 5.73. The number of nitrogens with two attached hydrogens (primary N) is 1. The first kappa shape index (κ1) is 13.9. The number of carbonyl (C=O) groups excluding carboxylic acids is 1. The van der Waals surface area contributed by atoms with Gasteiger partial charge in [0.1, 0.15) is 0 Å². The van der Waals surface area contributed by atoms with Gasteiger partial charge in [0.2, 0.25) is 0 Å². The van der Waals surface area contributed by atoms with E-state index in [0.717, 1.165) is 12.1 Å². The van der Waals surface area contributed by atoms with Gasteiger partial charge < -0.3 is 10.6 Å². The van der Waals surface area contributed by atoms with Gasteiger partial charge in [-0.3, -0.25) is 4.79 Å². The van der Waals surface area contributed by atoms with Crippen LogP contribution in [0.5, 0.6) is 0 Å². The van der Waals surface area contributed by atoms with Crippen molar-refractivity contribution in [2.24, 2.45) is 11.7 Å². The van der Waals surface area contributed by atoms with Crippen LogP contribution in [0.3, 0.4) is 0 Å². The molecule has 6 heteroatoms. The van der Waals surface area contributed by atoms with Crippen LogP contribution in [0.25, 0.3) is 0 Å². The number of hydrogen-bond acceptors (Lipinski definition) is 2. The summed E-state index contributed by atoms with van der Waals surface area (Å²) in [6.07, 6.45) is 1.43. The Morgan fingerprint density at radius 3 is 2.42 bits per heavy atom. The molecule has 102 valence electrons. The van der Waals surface area contributed by atoms with Crippen LogP contribution >= 0.6 is 12.2 Å². The summed E-state index contributed by atoms with van der Waals surface area (Å²) in [6, 6.07) is 3.18. The SMILES string of the molecule is NC(=S)C1CCN(C(=O)c2ccc(F)c(F)c2)CC1. The Morgan fingerprint density at radius 1 is 1.26 bits per heavy atom. The number of likely N-dealkylation sites (tertiary alicyclic amines) is 1. The molecule has 1 amide bonds. The van der Waals surface area contributed by atoms with Gasteiger partial charge in [-0.15, -0.1) is 0 Å². The normalized spacial score (nSPS) is 16.4. The molecule has 0 atom stereocenters. The second-order valence-electron chi connectivity index (χ2n) is 4.60. The summed E-state index contributed by atoms with van der Waals surface area (Å²) < 4.78 is 25.9. The molecule has 19 heavy (non-hydrogen) atoms. The lowest BCUT2D eigenvalue weighted by atomic mass is 9.96. The van der Waals surface area contributed by atoms with E-state index in [1.807, 2.05) is 0 Å².